The van der Waals surface area contributed by atoms with Crippen molar-refractivity contribution in [3.8, 4) is 5.75 Å². The molecule has 1 saturated heterocycles. The third kappa shape index (κ3) is 5.57. The zero-order valence-corrected chi connectivity index (χ0v) is 14.9. The fraction of sp³-hybridized carbons (Fsp3) is 0.389. The summed E-state index contributed by atoms with van der Waals surface area (Å²) in [6, 6.07) is 4.11. The Balaban J connectivity index is 0.000000817. The molecule has 0 saturated carbocycles. The quantitative estimate of drug-likeness (QED) is 0.822. The number of nitrogens with two attached hydrogens (primary N) is 1. The number of hydrogen-bond acceptors (Lipinski definition) is 5. The molecule has 0 spiro atoms. The molecule has 1 aliphatic heterocycles. The maximum Gasteiger partial charge on any atom is 0.416 e. The number of amides is 1. The third-order valence-electron chi connectivity index (χ3n) is 4.10. The summed E-state index contributed by atoms with van der Waals surface area (Å²) in [5.74, 6) is 0.987. The molecular formula is C18H21F3N4O2. The van der Waals surface area contributed by atoms with E-state index in [-0.39, 0.29) is 18.6 Å². The van der Waals surface area contributed by atoms with Crippen LogP contribution < -0.4 is 15.4 Å². The van der Waals surface area contributed by atoms with Crippen LogP contribution >= 0.6 is 0 Å². The standard InChI is InChI=1S/C17H18F3N3O.CH3NO/c1-12-5-4-6-15(17(18,19)20)14(12)11-24-13-9-21-16(22-10-13)23-7-2-3-8-23;2-1-3/h4-6,9-10H,2-3,7-8,11H2,1H3;1H,(H2,2,3). The normalized spacial score (nSPS) is 13.7. The van der Waals surface area contributed by atoms with E-state index in [0.717, 1.165) is 32.0 Å². The SMILES string of the molecule is Cc1cccc(C(F)(F)F)c1COc1cnc(N2CCCC2)nc1.NC=O. The van der Waals surface area contributed by atoms with Crippen LogP contribution in [0.25, 0.3) is 0 Å². The van der Waals surface area contributed by atoms with E-state index in [0.29, 0.717) is 17.3 Å². The van der Waals surface area contributed by atoms with Crippen LogP contribution in [-0.2, 0) is 17.6 Å². The Labute approximate surface area is 155 Å². The molecule has 1 aromatic carbocycles. The largest absolute Gasteiger partial charge is 0.486 e. The van der Waals surface area contributed by atoms with Crippen LogP contribution in [0.1, 0.15) is 29.5 Å². The minimum atomic E-state index is -4.40. The second-order valence-electron chi connectivity index (χ2n) is 5.94. The molecule has 0 radical (unpaired) electrons. The Bertz CT molecular complexity index is 745. The maximum atomic E-state index is 13.1. The molecule has 1 aliphatic rings. The number of carbonyl (C=O) groups excluding carboxylic acids is 1. The summed E-state index contributed by atoms with van der Waals surface area (Å²) in [6.45, 7) is 3.32. The first-order chi connectivity index (χ1) is 12.9. The first-order valence-electron chi connectivity index (χ1n) is 8.37. The number of carbonyl (C=O) groups is 1. The maximum absolute atomic E-state index is 13.1. The van der Waals surface area contributed by atoms with Gasteiger partial charge in [-0.05, 0) is 31.4 Å². The molecule has 2 heterocycles. The third-order valence-corrected chi connectivity index (χ3v) is 4.10. The van der Waals surface area contributed by atoms with Crippen LogP contribution in [0.2, 0.25) is 0 Å². The fourth-order valence-corrected chi connectivity index (χ4v) is 2.78. The van der Waals surface area contributed by atoms with Crippen LogP contribution in [0.3, 0.4) is 0 Å². The van der Waals surface area contributed by atoms with E-state index in [9.17, 15) is 13.2 Å². The lowest BCUT2D eigenvalue weighted by Gasteiger charge is -2.17. The molecule has 0 atom stereocenters. The molecule has 0 bridgehead atoms. The molecule has 1 aromatic heterocycles. The summed E-state index contributed by atoms with van der Waals surface area (Å²) in [7, 11) is 0. The molecule has 9 heteroatoms. The second kappa shape index (κ2) is 9.20. The number of nitrogens with zero attached hydrogens (tertiary/aromatic N) is 3. The minimum Gasteiger partial charge on any atom is -0.486 e. The number of ether oxygens (including phenoxy) is 1. The first kappa shape index (κ1) is 20.5. The first-order valence-corrected chi connectivity index (χ1v) is 8.37. The Morgan fingerprint density at radius 3 is 2.37 bits per heavy atom. The predicted octanol–water partition coefficient (Wildman–Crippen LogP) is 3.08. The Kier molecular flexibility index (Phi) is 6.98. The highest BCUT2D eigenvalue weighted by atomic mass is 19.4. The van der Waals surface area contributed by atoms with E-state index in [4.69, 9.17) is 9.53 Å². The molecule has 1 fully saturated rings. The number of aryl methyl sites for hydroxylation is 1. The lowest BCUT2D eigenvalue weighted by atomic mass is 10.0. The Hall–Kier alpha value is -2.84. The van der Waals surface area contributed by atoms with Crippen molar-refractivity contribution in [1.29, 1.82) is 0 Å². The number of aromatic nitrogens is 2. The van der Waals surface area contributed by atoms with Gasteiger partial charge in [-0.1, -0.05) is 12.1 Å². The number of primary amides is 1. The van der Waals surface area contributed by atoms with Gasteiger partial charge in [0.05, 0.1) is 18.0 Å². The highest BCUT2D eigenvalue weighted by Crippen LogP contribution is 2.33. The van der Waals surface area contributed by atoms with Gasteiger partial charge in [-0.25, -0.2) is 9.97 Å². The van der Waals surface area contributed by atoms with E-state index < -0.39 is 11.7 Å². The fourth-order valence-electron chi connectivity index (χ4n) is 2.78. The van der Waals surface area contributed by atoms with Gasteiger partial charge in [-0.2, -0.15) is 13.2 Å². The van der Waals surface area contributed by atoms with Gasteiger partial charge in [0.15, 0.2) is 5.75 Å². The molecule has 146 valence electrons. The van der Waals surface area contributed by atoms with E-state index in [1.807, 2.05) is 0 Å². The summed E-state index contributed by atoms with van der Waals surface area (Å²) >= 11 is 0. The molecule has 0 unspecified atom stereocenters. The average molecular weight is 382 g/mol. The van der Waals surface area contributed by atoms with E-state index in [1.165, 1.54) is 18.5 Å². The molecule has 0 aliphatic carbocycles. The van der Waals surface area contributed by atoms with Crippen molar-refractivity contribution in [2.45, 2.75) is 32.5 Å². The summed E-state index contributed by atoms with van der Waals surface area (Å²) in [5.41, 5.74) is 4.17. The number of halogens is 3. The van der Waals surface area contributed by atoms with Crippen molar-refractivity contribution in [3.63, 3.8) is 0 Å². The van der Waals surface area contributed by atoms with Gasteiger partial charge in [-0.3, -0.25) is 4.79 Å². The van der Waals surface area contributed by atoms with Gasteiger partial charge in [0, 0.05) is 18.7 Å². The lowest BCUT2D eigenvalue weighted by Crippen LogP contribution is -2.20. The second-order valence-corrected chi connectivity index (χ2v) is 5.94. The van der Waals surface area contributed by atoms with Crippen molar-refractivity contribution < 1.29 is 22.7 Å². The molecule has 27 heavy (non-hydrogen) atoms. The zero-order valence-electron chi connectivity index (χ0n) is 14.9. The zero-order chi connectivity index (χ0) is 19.9. The Morgan fingerprint density at radius 2 is 1.81 bits per heavy atom. The van der Waals surface area contributed by atoms with Gasteiger partial charge in [0.2, 0.25) is 12.4 Å². The highest BCUT2D eigenvalue weighted by Gasteiger charge is 2.33. The van der Waals surface area contributed by atoms with Crippen molar-refractivity contribution in [1.82, 2.24) is 9.97 Å². The van der Waals surface area contributed by atoms with Crippen molar-refractivity contribution in [3.05, 3.63) is 47.3 Å². The Morgan fingerprint density at radius 1 is 1.22 bits per heavy atom. The molecule has 6 nitrogen and oxygen atoms in total. The number of alkyl halides is 3. The number of anilines is 1. The van der Waals surface area contributed by atoms with Gasteiger partial charge in [0.25, 0.3) is 0 Å². The molecule has 2 aromatic rings. The van der Waals surface area contributed by atoms with Crippen LogP contribution in [0.5, 0.6) is 5.75 Å². The molecule has 3 rings (SSSR count). The van der Waals surface area contributed by atoms with Gasteiger partial charge in [-0.15, -0.1) is 0 Å². The predicted molar refractivity (Wildman–Crippen MR) is 94.2 cm³/mol. The number of rotatable bonds is 4. The number of hydrogen-bond donors (Lipinski definition) is 1. The van der Waals surface area contributed by atoms with Gasteiger partial charge < -0.3 is 15.4 Å². The number of benzene rings is 1. The van der Waals surface area contributed by atoms with Crippen LogP contribution in [0.15, 0.2) is 30.6 Å². The van der Waals surface area contributed by atoms with E-state index in [2.05, 4.69) is 20.6 Å². The summed E-state index contributed by atoms with van der Waals surface area (Å²) in [5, 5.41) is 0. The van der Waals surface area contributed by atoms with E-state index >= 15 is 0 Å². The average Bonchev–Trinajstić information content (AvgIpc) is 3.15. The monoisotopic (exact) mass is 382 g/mol. The summed E-state index contributed by atoms with van der Waals surface area (Å²) < 4.78 is 44.8. The van der Waals surface area contributed by atoms with Gasteiger partial charge in [0.1, 0.15) is 6.61 Å². The lowest BCUT2D eigenvalue weighted by molar-refractivity contribution is -0.138. The van der Waals surface area contributed by atoms with Gasteiger partial charge >= 0.3 is 6.18 Å². The molecule has 1 amide bonds. The smallest absolute Gasteiger partial charge is 0.416 e. The highest BCUT2D eigenvalue weighted by molar-refractivity contribution is 5.42. The van der Waals surface area contributed by atoms with E-state index in [1.54, 1.807) is 13.0 Å². The van der Waals surface area contributed by atoms with Crippen LogP contribution in [0.4, 0.5) is 19.1 Å². The van der Waals surface area contributed by atoms with Crippen molar-refractivity contribution >= 4 is 12.4 Å². The van der Waals surface area contributed by atoms with Crippen molar-refractivity contribution in [2.75, 3.05) is 18.0 Å². The van der Waals surface area contributed by atoms with Crippen LogP contribution in [0, 0.1) is 6.92 Å². The van der Waals surface area contributed by atoms with Crippen molar-refractivity contribution in [2.24, 2.45) is 5.73 Å². The molecule has 2 N–H and O–H groups in total. The molecular weight excluding hydrogens is 361 g/mol. The topological polar surface area (TPSA) is 81.3 Å². The van der Waals surface area contributed by atoms with Crippen LogP contribution in [-0.4, -0.2) is 29.5 Å². The minimum absolute atomic E-state index is 0.133. The summed E-state index contributed by atoms with van der Waals surface area (Å²) in [4.78, 5) is 19.1. The summed E-state index contributed by atoms with van der Waals surface area (Å²) in [6.07, 6.45) is 1.10.